The van der Waals surface area contributed by atoms with Crippen LogP contribution in [-0.4, -0.2) is 29.9 Å². The highest BCUT2D eigenvalue weighted by atomic mass is 79.9. The lowest BCUT2D eigenvalue weighted by molar-refractivity contribution is 0.0790. The molecule has 0 bridgehead atoms. The van der Waals surface area contributed by atoms with Gasteiger partial charge in [0, 0.05) is 23.6 Å². The largest absolute Gasteiger partial charge is 0.337 e. The number of benzene rings is 1. The number of carbonyl (C=O) groups excluding carboxylic acids is 1. The summed E-state index contributed by atoms with van der Waals surface area (Å²) < 4.78 is 13.4. The molecule has 0 aliphatic carbocycles. The summed E-state index contributed by atoms with van der Waals surface area (Å²) in [6.45, 7) is 1.24. The summed E-state index contributed by atoms with van der Waals surface area (Å²) in [4.78, 5) is 13.7. The molecule has 1 heterocycles. The first kappa shape index (κ1) is 11.5. The number of hydrogen-bond acceptors (Lipinski definition) is 2. The van der Waals surface area contributed by atoms with E-state index in [-0.39, 0.29) is 17.8 Å². The highest BCUT2D eigenvalue weighted by molar-refractivity contribution is 9.10. The first-order valence-electron chi connectivity index (χ1n) is 5.08. The van der Waals surface area contributed by atoms with Gasteiger partial charge in [-0.05, 0) is 40.5 Å². The molecule has 2 N–H and O–H groups in total. The molecular weight excluding hydrogens is 275 g/mol. The third-order valence-electron chi connectivity index (χ3n) is 2.67. The van der Waals surface area contributed by atoms with E-state index in [1.165, 1.54) is 18.2 Å². The lowest BCUT2D eigenvalue weighted by atomic mass is 10.2. The molecule has 1 atom stereocenters. The Morgan fingerprint density at radius 2 is 2.31 bits per heavy atom. The van der Waals surface area contributed by atoms with Crippen molar-refractivity contribution < 1.29 is 9.18 Å². The van der Waals surface area contributed by atoms with E-state index in [9.17, 15) is 9.18 Å². The van der Waals surface area contributed by atoms with Crippen LogP contribution in [0.1, 0.15) is 16.8 Å². The highest BCUT2D eigenvalue weighted by Crippen LogP contribution is 2.21. The zero-order valence-electron chi connectivity index (χ0n) is 8.62. The number of halogens is 2. The Balaban J connectivity index is 2.21. The zero-order chi connectivity index (χ0) is 11.7. The Labute approximate surface area is 102 Å². The van der Waals surface area contributed by atoms with E-state index < -0.39 is 0 Å². The van der Waals surface area contributed by atoms with Crippen molar-refractivity contribution in [1.82, 2.24) is 4.90 Å². The second-order valence-corrected chi connectivity index (χ2v) is 4.78. The fourth-order valence-corrected chi connectivity index (χ4v) is 2.33. The van der Waals surface area contributed by atoms with Crippen molar-refractivity contribution in [2.24, 2.45) is 5.73 Å². The first-order valence-corrected chi connectivity index (χ1v) is 5.87. The van der Waals surface area contributed by atoms with Crippen molar-refractivity contribution in [2.45, 2.75) is 12.5 Å². The van der Waals surface area contributed by atoms with Crippen LogP contribution in [0.15, 0.2) is 22.7 Å². The Hall–Kier alpha value is -0.940. The average Bonchev–Trinajstić information content (AvgIpc) is 2.64. The number of amides is 1. The van der Waals surface area contributed by atoms with Gasteiger partial charge < -0.3 is 10.6 Å². The Bertz CT molecular complexity index is 424. The molecule has 5 heteroatoms. The van der Waals surface area contributed by atoms with Crippen LogP contribution in [0, 0.1) is 5.82 Å². The van der Waals surface area contributed by atoms with Crippen LogP contribution in [0.4, 0.5) is 4.39 Å². The molecule has 86 valence electrons. The topological polar surface area (TPSA) is 46.3 Å². The van der Waals surface area contributed by atoms with Crippen LogP contribution in [-0.2, 0) is 0 Å². The summed E-state index contributed by atoms with van der Waals surface area (Å²) in [5.74, 6) is -0.457. The number of hydrogen-bond donors (Lipinski definition) is 1. The van der Waals surface area contributed by atoms with Gasteiger partial charge in [0.05, 0.1) is 5.56 Å². The predicted octanol–water partition coefficient (Wildman–Crippen LogP) is 1.76. The molecule has 0 aromatic heterocycles. The minimum absolute atomic E-state index is 0.0585. The number of nitrogens with zero attached hydrogens (tertiary/aromatic N) is 1. The quantitative estimate of drug-likeness (QED) is 0.855. The van der Waals surface area contributed by atoms with E-state index in [2.05, 4.69) is 15.9 Å². The molecule has 16 heavy (non-hydrogen) atoms. The van der Waals surface area contributed by atoms with Gasteiger partial charge in [0.15, 0.2) is 0 Å². The van der Waals surface area contributed by atoms with Gasteiger partial charge in [-0.3, -0.25) is 4.79 Å². The highest BCUT2D eigenvalue weighted by Gasteiger charge is 2.25. The molecule has 1 fully saturated rings. The van der Waals surface area contributed by atoms with Gasteiger partial charge in [-0.1, -0.05) is 0 Å². The third-order valence-corrected chi connectivity index (χ3v) is 3.33. The monoisotopic (exact) mass is 286 g/mol. The Kier molecular flexibility index (Phi) is 3.25. The van der Waals surface area contributed by atoms with Gasteiger partial charge in [0.2, 0.25) is 0 Å². The second-order valence-electron chi connectivity index (χ2n) is 3.92. The minimum atomic E-state index is -0.360. The van der Waals surface area contributed by atoms with Crippen molar-refractivity contribution in [3.63, 3.8) is 0 Å². The van der Waals surface area contributed by atoms with Gasteiger partial charge in [-0.25, -0.2) is 4.39 Å². The summed E-state index contributed by atoms with van der Waals surface area (Å²) >= 11 is 3.19. The molecule has 1 aromatic rings. The van der Waals surface area contributed by atoms with Gasteiger partial charge in [-0.15, -0.1) is 0 Å². The lowest BCUT2D eigenvalue weighted by Gasteiger charge is -2.16. The standard InChI is InChI=1S/C11H12BrFN2O/c12-10-5-7(13)1-2-9(10)11(16)15-4-3-8(14)6-15/h1-2,5,8H,3-4,6,14H2. The molecule has 1 aliphatic heterocycles. The van der Waals surface area contributed by atoms with Crippen LogP contribution >= 0.6 is 15.9 Å². The smallest absolute Gasteiger partial charge is 0.255 e. The van der Waals surface area contributed by atoms with Crippen molar-refractivity contribution in [3.05, 3.63) is 34.1 Å². The molecule has 0 spiro atoms. The van der Waals surface area contributed by atoms with E-state index in [1.54, 1.807) is 4.90 Å². The van der Waals surface area contributed by atoms with Crippen molar-refractivity contribution >= 4 is 21.8 Å². The molecule has 1 saturated heterocycles. The summed E-state index contributed by atoms with van der Waals surface area (Å²) in [7, 11) is 0. The fraction of sp³-hybridized carbons (Fsp3) is 0.364. The molecular formula is C11H12BrFN2O. The molecule has 1 aromatic carbocycles. The summed E-state index contributed by atoms with van der Waals surface area (Å²) in [5.41, 5.74) is 6.22. The number of likely N-dealkylation sites (tertiary alicyclic amines) is 1. The van der Waals surface area contributed by atoms with Gasteiger partial charge in [0.25, 0.3) is 5.91 Å². The van der Waals surface area contributed by atoms with E-state index >= 15 is 0 Å². The summed E-state index contributed by atoms with van der Waals surface area (Å²) in [5, 5.41) is 0. The molecule has 1 aliphatic rings. The minimum Gasteiger partial charge on any atom is -0.337 e. The maximum atomic E-state index is 12.9. The third kappa shape index (κ3) is 2.25. The molecule has 0 radical (unpaired) electrons. The SMILES string of the molecule is NC1CCN(C(=O)c2ccc(F)cc2Br)C1. The van der Waals surface area contributed by atoms with Gasteiger partial charge in [0.1, 0.15) is 5.82 Å². The first-order chi connectivity index (χ1) is 7.58. The van der Waals surface area contributed by atoms with E-state index in [1.807, 2.05) is 0 Å². The number of nitrogens with two attached hydrogens (primary N) is 1. The normalized spacial score (nSPS) is 20.2. The van der Waals surface area contributed by atoms with Crippen LogP contribution in [0.2, 0.25) is 0 Å². The van der Waals surface area contributed by atoms with Crippen molar-refractivity contribution in [3.8, 4) is 0 Å². The lowest BCUT2D eigenvalue weighted by Crippen LogP contribution is -2.32. The van der Waals surface area contributed by atoms with Crippen molar-refractivity contribution in [1.29, 1.82) is 0 Å². The maximum Gasteiger partial charge on any atom is 0.255 e. The van der Waals surface area contributed by atoms with Crippen molar-refractivity contribution in [2.75, 3.05) is 13.1 Å². The Morgan fingerprint density at radius 1 is 1.56 bits per heavy atom. The number of rotatable bonds is 1. The maximum absolute atomic E-state index is 12.9. The zero-order valence-corrected chi connectivity index (χ0v) is 10.2. The van der Waals surface area contributed by atoms with Gasteiger partial charge >= 0.3 is 0 Å². The van der Waals surface area contributed by atoms with Crippen LogP contribution < -0.4 is 5.73 Å². The van der Waals surface area contributed by atoms with Crippen LogP contribution in [0.3, 0.4) is 0 Å². The second kappa shape index (κ2) is 4.51. The van der Waals surface area contributed by atoms with E-state index in [4.69, 9.17) is 5.73 Å². The molecule has 1 unspecified atom stereocenters. The Morgan fingerprint density at radius 3 is 2.88 bits per heavy atom. The number of carbonyl (C=O) groups is 1. The van der Waals surface area contributed by atoms with Crippen LogP contribution in [0.25, 0.3) is 0 Å². The molecule has 3 nitrogen and oxygen atoms in total. The fourth-order valence-electron chi connectivity index (χ4n) is 1.81. The van der Waals surface area contributed by atoms with Gasteiger partial charge in [-0.2, -0.15) is 0 Å². The van der Waals surface area contributed by atoms with E-state index in [0.717, 1.165) is 6.42 Å². The molecule has 0 saturated carbocycles. The molecule has 2 rings (SSSR count). The van der Waals surface area contributed by atoms with E-state index in [0.29, 0.717) is 23.1 Å². The summed E-state index contributed by atoms with van der Waals surface area (Å²) in [6.07, 6.45) is 0.824. The van der Waals surface area contributed by atoms with Crippen LogP contribution in [0.5, 0.6) is 0 Å². The summed E-state index contributed by atoms with van der Waals surface area (Å²) in [6, 6.07) is 4.13. The average molecular weight is 287 g/mol. The predicted molar refractivity (Wildman–Crippen MR) is 62.6 cm³/mol. The molecule has 1 amide bonds.